The van der Waals surface area contributed by atoms with Crippen LogP contribution in [0.15, 0.2) is 60.1 Å². The fourth-order valence-corrected chi connectivity index (χ4v) is 7.10. The number of aromatic amines is 1. The maximum atomic E-state index is 13.3. The number of halogens is 1. The number of hydrogen-bond acceptors (Lipinski definition) is 5. The summed E-state index contributed by atoms with van der Waals surface area (Å²) in [5, 5.41) is 4.25. The molecule has 1 amide bonds. The van der Waals surface area contributed by atoms with Crippen LogP contribution in [0, 0.1) is 5.82 Å². The van der Waals surface area contributed by atoms with Crippen molar-refractivity contribution in [1.82, 2.24) is 19.8 Å². The van der Waals surface area contributed by atoms with Crippen molar-refractivity contribution in [2.45, 2.75) is 43.4 Å². The second-order valence-electron chi connectivity index (χ2n) is 10.8. The lowest BCUT2D eigenvalue weighted by atomic mass is 9.89. The van der Waals surface area contributed by atoms with E-state index in [0.717, 1.165) is 68.7 Å². The highest BCUT2D eigenvalue weighted by atomic mass is 32.1. The Labute approximate surface area is 231 Å². The van der Waals surface area contributed by atoms with E-state index in [1.807, 2.05) is 10.3 Å². The zero-order chi connectivity index (χ0) is 26.8. The van der Waals surface area contributed by atoms with Gasteiger partial charge in [-0.15, -0.1) is 11.3 Å². The van der Waals surface area contributed by atoms with Crippen molar-refractivity contribution in [3.8, 4) is 0 Å². The van der Waals surface area contributed by atoms with Gasteiger partial charge in [-0.05, 0) is 74.0 Å². The number of thiazole rings is 1. The monoisotopic (exact) mass is 544 g/mol. The van der Waals surface area contributed by atoms with Crippen LogP contribution in [0.1, 0.15) is 70.1 Å². The highest BCUT2D eigenvalue weighted by Crippen LogP contribution is 2.35. The van der Waals surface area contributed by atoms with E-state index in [9.17, 15) is 14.0 Å². The summed E-state index contributed by atoms with van der Waals surface area (Å²) < 4.78 is 13.3. The molecule has 2 aromatic carbocycles. The number of carbonyl (C=O) groups excluding carboxylic acids is 2. The third-order valence-electron chi connectivity index (χ3n) is 8.44. The average molecular weight is 545 g/mol. The molecule has 0 radical (unpaired) electrons. The smallest absolute Gasteiger partial charge is 0.273 e. The summed E-state index contributed by atoms with van der Waals surface area (Å²) in [5.74, 6) is 0.288. The summed E-state index contributed by atoms with van der Waals surface area (Å²) in [4.78, 5) is 37.4. The molecule has 4 heterocycles. The van der Waals surface area contributed by atoms with E-state index < -0.39 is 0 Å². The SMILES string of the molecule is O=CC(CN1CCC(c2nc(C(=O)N3CCC(c4c[nH]c5ccccc45)CC3)cs2)CC1)c1ccc(F)cc1. The molecule has 8 heteroatoms. The number of nitrogens with zero attached hydrogens (tertiary/aromatic N) is 3. The minimum Gasteiger partial charge on any atom is -0.361 e. The second-order valence-corrected chi connectivity index (χ2v) is 11.7. The number of likely N-dealkylation sites (tertiary alicyclic amines) is 2. The molecule has 39 heavy (non-hydrogen) atoms. The van der Waals surface area contributed by atoms with Gasteiger partial charge in [-0.2, -0.15) is 0 Å². The molecule has 2 aliphatic heterocycles. The van der Waals surface area contributed by atoms with Gasteiger partial charge in [0.25, 0.3) is 5.91 Å². The van der Waals surface area contributed by atoms with Gasteiger partial charge in [-0.3, -0.25) is 4.79 Å². The van der Waals surface area contributed by atoms with Gasteiger partial charge in [0.1, 0.15) is 17.8 Å². The van der Waals surface area contributed by atoms with Crippen molar-refractivity contribution in [2.75, 3.05) is 32.7 Å². The Morgan fingerprint density at radius 3 is 2.49 bits per heavy atom. The molecule has 0 bridgehead atoms. The highest BCUT2D eigenvalue weighted by Gasteiger charge is 2.29. The van der Waals surface area contributed by atoms with E-state index in [-0.39, 0.29) is 17.6 Å². The number of aldehydes is 1. The molecule has 6 rings (SSSR count). The zero-order valence-electron chi connectivity index (χ0n) is 21.9. The molecule has 2 aromatic heterocycles. The number of benzene rings is 2. The second kappa shape index (κ2) is 11.4. The third-order valence-corrected chi connectivity index (χ3v) is 9.45. The summed E-state index contributed by atoms with van der Waals surface area (Å²) in [5.41, 5.74) is 3.95. The number of amides is 1. The van der Waals surface area contributed by atoms with E-state index in [4.69, 9.17) is 4.98 Å². The van der Waals surface area contributed by atoms with Gasteiger partial charge in [0.15, 0.2) is 0 Å². The Morgan fingerprint density at radius 1 is 1.03 bits per heavy atom. The Balaban J connectivity index is 1.01. The maximum Gasteiger partial charge on any atom is 0.273 e. The molecule has 0 saturated carbocycles. The van der Waals surface area contributed by atoms with E-state index in [0.29, 0.717) is 24.1 Å². The van der Waals surface area contributed by atoms with E-state index >= 15 is 0 Å². The molecular weight excluding hydrogens is 511 g/mol. The van der Waals surface area contributed by atoms with Crippen LogP contribution in [-0.4, -0.2) is 64.7 Å². The predicted octanol–water partition coefficient (Wildman–Crippen LogP) is 5.95. The Kier molecular flexibility index (Phi) is 7.57. The summed E-state index contributed by atoms with van der Waals surface area (Å²) in [6, 6.07) is 14.6. The number of rotatable bonds is 7. The van der Waals surface area contributed by atoms with Gasteiger partial charge in [-0.25, -0.2) is 9.37 Å². The highest BCUT2D eigenvalue weighted by molar-refractivity contribution is 7.09. The van der Waals surface area contributed by atoms with Gasteiger partial charge in [0.05, 0.1) is 10.9 Å². The van der Waals surface area contributed by atoms with Crippen LogP contribution in [-0.2, 0) is 4.79 Å². The molecule has 202 valence electrons. The number of nitrogens with one attached hydrogen (secondary N) is 1. The number of carbonyl (C=O) groups is 2. The van der Waals surface area contributed by atoms with Crippen LogP contribution >= 0.6 is 11.3 Å². The topological polar surface area (TPSA) is 69.3 Å². The minimum absolute atomic E-state index is 0.0421. The largest absolute Gasteiger partial charge is 0.361 e. The Hall–Kier alpha value is -3.36. The molecule has 6 nitrogen and oxygen atoms in total. The first kappa shape index (κ1) is 25.9. The molecule has 1 N–H and O–H groups in total. The van der Waals surface area contributed by atoms with Gasteiger partial charge in [0.2, 0.25) is 0 Å². The summed E-state index contributed by atoms with van der Waals surface area (Å²) >= 11 is 1.59. The fraction of sp³-hybridized carbons (Fsp3) is 0.387. The summed E-state index contributed by atoms with van der Waals surface area (Å²) in [6.45, 7) is 3.89. The Bertz CT molecular complexity index is 1430. The van der Waals surface area contributed by atoms with Crippen molar-refractivity contribution in [1.29, 1.82) is 0 Å². The van der Waals surface area contributed by atoms with Crippen molar-refractivity contribution in [2.24, 2.45) is 0 Å². The van der Waals surface area contributed by atoms with Crippen LogP contribution in [0.5, 0.6) is 0 Å². The van der Waals surface area contributed by atoms with Crippen LogP contribution < -0.4 is 0 Å². The predicted molar refractivity (Wildman–Crippen MR) is 152 cm³/mol. The standard InChI is InChI=1S/C31H33FN4O2S/c32-25-7-5-21(6-8-25)24(19-37)18-35-13-9-23(10-14-35)30-34-29(20-39-30)31(38)36-15-11-22(12-16-36)27-17-33-28-4-2-1-3-26(27)28/h1-8,17,19-20,22-24,33H,9-16,18H2. The van der Waals surface area contributed by atoms with E-state index in [2.05, 4.69) is 40.3 Å². The number of para-hydroxylation sites is 1. The quantitative estimate of drug-likeness (QED) is 0.292. The van der Waals surface area contributed by atoms with Crippen LogP contribution in [0.4, 0.5) is 4.39 Å². The zero-order valence-corrected chi connectivity index (χ0v) is 22.7. The molecule has 2 saturated heterocycles. The van der Waals surface area contributed by atoms with Crippen LogP contribution in [0.2, 0.25) is 0 Å². The van der Waals surface area contributed by atoms with Gasteiger partial charge >= 0.3 is 0 Å². The lowest BCUT2D eigenvalue weighted by molar-refractivity contribution is -0.109. The molecule has 2 fully saturated rings. The number of piperidine rings is 2. The van der Waals surface area contributed by atoms with Crippen molar-refractivity contribution in [3.63, 3.8) is 0 Å². The fourth-order valence-electron chi connectivity index (χ4n) is 6.14. The normalized spacial score (nSPS) is 18.4. The van der Waals surface area contributed by atoms with Gasteiger partial charge in [0, 0.05) is 48.0 Å². The first-order valence-electron chi connectivity index (χ1n) is 13.8. The number of fused-ring (bicyclic) bond motifs is 1. The summed E-state index contributed by atoms with van der Waals surface area (Å²) in [6.07, 6.45) is 6.91. The number of aromatic nitrogens is 2. The first-order valence-corrected chi connectivity index (χ1v) is 14.7. The molecule has 0 spiro atoms. The lowest BCUT2D eigenvalue weighted by Crippen LogP contribution is -2.38. The minimum atomic E-state index is -0.291. The molecule has 4 aromatic rings. The van der Waals surface area contributed by atoms with Gasteiger partial charge in [-0.1, -0.05) is 30.3 Å². The van der Waals surface area contributed by atoms with Crippen molar-refractivity contribution < 1.29 is 14.0 Å². The van der Waals surface area contributed by atoms with Gasteiger partial charge < -0.3 is 19.6 Å². The van der Waals surface area contributed by atoms with E-state index in [1.165, 1.54) is 28.6 Å². The lowest BCUT2D eigenvalue weighted by Gasteiger charge is -2.32. The van der Waals surface area contributed by atoms with Crippen molar-refractivity contribution in [3.05, 3.63) is 87.8 Å². The molecule has 0 aliphatic carbocycles. The molecule has 2 aliphatic rings. The number of H-pyrrole nitrogens is 1. The first-order chi connectivity index (χ1) is 19.1. The average Bonchev–Trinajstić information content (AvgIpc) is 3.65. The van der Waals surface area contributed by atoms with E-state index in [1.54, 1.807) is 23.5 Å². The third kappa shape index (κ3) is 5.54. The number of hydrogen-bond donors (Lipinski definition) is 1. The summed E-state index contributed by atoms with van der Waals surface area (Å²) in [7, 11) is 0. The maximum absolute atomic E-state index is 13.3. The molecule has 1 atom stereocenters. The molecular formula is C31H33FN4O2S. The van der Waals surface area contributed by atoms with Crippen LogP contribution in [0.3, 0.4) is 0 Å². The van der Waals surface area contributed by atoms with Crippen molar-refractivity contribution >= 4 is 34.4 Å². The Morgan fingerprint density at radius 2 is 1.74 bits per heavy atom. The molecule has 1 unspecified atom stereocenters. The van der Waals surface area contributed by atoms with Crippen LogP contribution in [0.25, 0.3) is 10.9 Å².